The van der Waals surface area contributed by atoms with Crippen LogP contribution in [-0.4, -0.2) is 38.5 Å². The van der Waals surface area contributed by atoms with Gasteiger partial charge < -0.3 is 9.47 Å². The molecule has 0 spiro atoms. The number of isocyanates is 1. The van der Waals surface area contributed by atoms with Crippen LogP contribution in [0.3, 0.4) is 0 Å². The van der Waals surface area contributed by atoms with E-state index in [1.54, 1.807) is 7.11 Å². The summed E-state index contributed by atoms with van der Waals surface area (Å²) in [7, 11) is 1.59. The number of nitrogens with zero attached hydrogens (tertiary/aromatic N) is 1. The zero-order valence-electron chi connectivity index (χ0n) is 5.79. The molecule has 1 aliphatic heterocycles. The van der Waals surface area contributed by atoms with Gasteiger partial charge in [-0.2, -0.15) is 0 Å². The maximum atomic E-state index is 9.72. The normalized spacial score (nSPS) is 20.9. The molecule has 0 aromatic rings. The Labute approximate surface area is 58.8 Å². The number of carbonyl (C=O) groups excluding carboxylic acids is 1. The molecule has 0 aliphatic carbocycles. The van der Waals surface area contributed by atoms with E-state index in [9.17, 15) is 4.79 Å². The Bertz CT molecular complexity index is 153. The van der Waals surface area contributed by atoms with Crippen LogP contribution in [0.4, 0.5) is 0 Å². The largest absolute Gasteiger partial charge is 0.375 e. The van der Waals surface area contributed by atoms with Crippen molar-refractivity contribution in [3.63, 3.8) is 0 Å². The van der Waals surface area contributed by atoms with Crippen LogP contribution >= 0.6 is 0 Å². The Kier molecular flexibility index (Phi) is 2.17. The highest BCUT2D eigenvalue weighted by atomic mass is 16.6. The molecule has 0 atom stereocenters. The second-order valence-electron chi connectivity index (χ2n) is 2.29. The maximum absolute atomic E-state index is 9.72. The van der Waals surface area contributed by atoms with Gasteiger partial charge >= 0.3 is 0 Å². The molecule has 1 aliphatic rings. The third-order valence-electron chi connectivity index (χ3n) is 1.59. The third-order valence-corrected chi connectivity index (χ3v) is 1.59. The molecule has 0 aromatic heterocycles. The Balaban J connectivity index is 2.40. The molecule has 0 N–H and O–H groups in total. The Morgan fingerprint density at radius 2 is 2.50 bits per heavy atom. The molecule has 4 nitrogen and oxygen atoms in total. The second kappa shape index (κ2) is 2.92. The molecule has 0 radical (unpaired) electrons. The van der Waals surface area contributed by atoms with Crippen molar-refractivity contribution in [2.45, 2.75) is 5.60 Å². The first-order valence-corrected chi connectivity index (χ1v) is 2.99. The highest BCUT2D eigenvalue weighted by molar-refractivity contribution is 5.33. The number of hydrogen-bond donors (Lipinski definition) is 0. The van der Waals surface area contributed by atoms with Crippen LogP contribution in [0.5, 0.6) is 0 Å². The lowest BCUT2D eigenvalue weighted by molar-refractivity contribution is -0.188. The lowest BCUT2D eigenvalue weighted by Gasteiger charge is -2.38. The minimum absolute atomic E-state index is 0.336. The highest BCUT2D eigenvalue weighted by Gasteiger charge is 2.38. The highest BCUT2D eigenvalue weighted by Crippen LogP contribution is 2.20. The molecule has 1 heterocycles. The molecule has 0 saturated carbocycles. The van der Waals surface area contributed by atoms with Gasteiger partial charge in [-0.25, -0.2) is 9.79 Å². The first-order chi connectivity index (χ1) is 4.83. The molecule has 0 amide bonds. The van der Waals surface area contributed by atoms with Crippen LogP contribution < -0.4 is 0 Å². The molecule has 1 fully saturated rings. The van der Waals surface area contributed by atoms with Crippen molar-refractivity contribution in [2.75, 3.05) is 26.9 Å². The Morgan fingerprint density at radius 1 is 1.80 bits per heavy atom. The Morgan fingerprint density at radius 3 is 2.80 bits per heavy atom. The first kappa shape index (κ1) is 7.41. The third kappa shape index (κ3) is 1.24. The summed E-state index contributed by atoms with van der Waals surface area (Å²) in [5.74, 6) is 0. The van der Waals surface area contributed by atoms with Crippen molar-refractivity contribution < 1.29 is 14.3 Å². The molecular weight excluding hydrogens is 134 g/mol. The van der Waals surface area contributed by atoms with Gasteiger partial charge in [0.25, 0.3) is 0 Å². The number of hydrogen-bond acceptors (Lipinski definition) is 4. The molecule has 1 saturated heterocycles. The van der Waals surface area contributed by atoms with Crippen molar-refractivity contribution in [2.24, 2.45) is 4.99 Å². The molecule has 1 rings (SSSR count). The number of methoxy groups -OCH3 is 1. The van der Waals surface area contributed by atoms with E-state index in [1.807, 2.05) is 0 Å². The van der Waals surface area contributed by atoms with E-state index in [1.165, 1.54) is 6.08 Å². The molecule has 10 heavy (non-hydrogen) atoms. The van der Waals surface area contributed by atoms with Crippen molar-refractivity contribution in [3.05, 3.63) is 0 Å². The van der Waals surface area contributed by atoms with Gasteiger partial charge in [0, 0.05) is 7.11 Å². The van der Waals surface area contributed by atoms with E-state index in [4.69, 9.17) is 9.47 Å². The van der Waals surface area contributed by atoms with Gasteiger partial charge in [-0.15, -0.1) is 0 Å². The van der Waals surface area contributed by atoms with Crippen LogP contribution in [0.2, 0.25) is 0 Å². The molecular formula is C6H9NO3. The summed E-state index contributed by atoms with van der Waals surface area (Å²) in [6.45, 7) is 1.40. The average molecular weight is 143 g/mol. The fraction of sp³-hybridized carbons (Fsp3) is 0.833. The van der Waals surface area contributed by atoms with Crippen molar-refractivity contribution >= 4 is 6.08 Å². The predicted octanol–water partition coefficient (Wildman–Crippen LogP) is -0.262. The summed E-state index contributed by atoms with van der Waals surface area (Å²) in [6, 6.07) is 0. The smallest absolute Gasteiger partial charge is 0.235 e. The van der Waals surface area contributed by atoms with Gasteiger partial charge in [0.2, 0.25) is 6.08 Å². The minimum Gasteiger partial charge on any atom is -0.375 e. The zero-order chi connectivity index (χ0) is 7.45. The van der Waals surface area contributed by atoms with Crippen molar-refractivity contribution in [3.8, 4) is 0 Å². The summed E-state index contributed by atoms with van der Waals surface area (Å²) in [4.78, 5) is 13.1. The van der Waals surface area contributed by atoms with Crippen LogP contribution in [0.1, 0.15) is 0 Å². The van der Waals surface area contributed by atoms with E-state index >= 15 is 0 Å². The van der Waals surface area contributed by atoms with Crippen molar-refractivity contribution in [1.29, 1.82) is 0 Å². The SMILES string of the molecule is COC1(CN=C=O)COC1. The molecule has 0 bridgehead atoms. The van der Waals surface area contributed by atoms with Gasteiger partial charge in [-0.05, 0) is 0 Å². The van der Waals surface area contributed by atoms with Crippen LogP contribution in [-0.2, 0) is 14.3 Å². The number of ether oxygens (including phenoxy) is 2. The first-order valence-electron chi connectivity index (χ1n) is 2.99. The monoisotopic (exact) mass is 143 g/mol. The topological polar surface area (TPSA) is 47.9 Å². The van der Waals surface area contributed by atoms with E-state index in [2.05, 4.69) is 4.99 Å². The standard InChI is InChI=1S/C6H9NO3/c1-9-6(2-7-5-8)3-10-4-6/h2-4H2,1H3. The molecule has 0 aromatic carbocycles. The van der Waals surface area contributed by atoms with Gasteiger partial charge in [0.15, 0.2) is 0 Å². The summed E-state index contributed by atoms with van der Waals surface area (Å²) in [6.07, 6.45) is 1.47. The quantitative estimate of drug-likeness (QED) is 0.404. The lowest BCUT2D eigenvalue weighted by Crippen LogP contribution is -2.53. The van der Waals surface area contributed by atoms with Crippen LogP contribution in [0.25, 0.3) is 0 Å². The minimum atomic E-state index is -0.336. The van der Waals surface area contributed by atoms with E-state index in [0.29, 0.717) is 19.8 Å². The molecule has 0 unspecified atom stereocenters. The number of rotatable bonds is 3. The van der Waals surface area contributed by atoms with Crippen LogP contribution in [0.15, 0.2) is 4.99 Å². The summed E-state index contributed by atoms with van der Waals surface area (Å²) < 4.78 is 9.99. The lowest BCUT2D eigenvalue weighted by atomic mass is 10.0. The summed E-state index contributed by atoms with van der Waals surface area (Å²) in [5.41, 5.74) is -0.336. The molecule has 4 heteroatoms. The van der Waals surface area contributed by atoms with E-state index in [-0.39, 0.29) is 5.60 Å². The van der Waals surface area contributed by atoms with Gasteiger partial charge in [0.05, 0.1) is 19.8 Å². The van der Waals surface area contributed by atoms with Crippen molar-refractivity contribution in [1.82, 2.24) is 0 Å². The second-order valence-corrected chi connectivity index (χ2v) is 2.29. The zero-order valence-corrected chi connectivity index (χ0v) is 5.79. The van der Waals surface area contributed by atoms with Gasteiger partial charge in [0.1, 0.15) is 5.60 Å². The van der Waals surface area contributed by atoms with Gasteiger partial charge in [-0.1, -0.05) is 0 Å². The van der Waals surface area contributed by atoms with Gasteiger partial charge in [-0.3, -0.25) is 0 Å². The average Bonchev–Trinajstić information content (AvgIpc) is 1.87. The Hall–Kier alpha value is -0.700. The maximum Gasteiger partial charge on any atom is 0.235 e. The predicted molar refractivity (Wildman–Crippen MR) is 33.5 cm³/mol. The summed E-state index contributed by atoms with van der Waals surface area (Å²) in [5, 5.41) is 0. The fourth-order valence-corrected chi connectivity index (χ4v) is 0.780. The van der Waals surface area contributed by atoms with E-state index in [0.717, 1.165) is 0 Å². The summed E-state index contributed by atoms with van der Waals surface area (Å²) >= 11 is 0. The van der Waals surface area contributed by atoms with E-state index < -0.39 is 0 Å². The molecule has 56 valence electrons. The fourth-order valence-electron chi connectivity index (χ4n) is 0.780. The number of aliphatic imine (C=N–C) groups is 1. The van der Waals surface area contributed by atoms with Crippen LogP contribution in [0, 0.1) is 0 Å².